The second-order valence-electron chi connectivity index (χ2n) is 5.02. The van der Waals surface area contributed by atoms with Gasteiger partial charge in [0.25, 0.3) is 0 Å². The minimum absolute atomic E-state index is 0.0638. The predicted octanol–water partition coefficient (Wildman–Crippen LogP) is 2.07. The number of nitrogens with zero attached hydrogens (tertiary/aromatic N) is 2. The van der Waals surface area contributed by atoms with Crippen LogP contribution in [0.2, 0.25) is 0 Å². The van der Waals surface area contributed by atoms with Gasteiger partial charge in [0, 0.05) is 12.6 Å². The van der Waals surface area contributed by atoms with E-state index in [4.69, 9.17) is 4.74 Å². The van der Waals surface area contributed by atoms with E-state index >= 15 is 0 Å². The molecule has 0 aliphatic carbocycles. The summed E-state index contributed by atoms with van der Waals surface area (Å²) < 4.78 is 5.90. The zero-order chi connectivity index (χ0) is 12.5. The molecule has 3 saturated heterocycles. The first-order valence-electron chi connectivity index (χ1n) is 6.36. The van der Waals surface area contributed by atoms with Crippen molar-refractivity contribution in [2.24, 2.45) is 5.92 Å². The molecule has 3 heterocycles. The van der Waals surface area contributed by atoms with E-state index in [0.717, 1.165) is 32.5 Å². The lowest BCUT2D eigenvalue weighted by atomic mass is 9.86. The van der Waals surface area contributed by atoms with Crippen LogP contribution in [0.5, 0.6) is 5.75 Å². The molecule has 3 aliphatic rings. The van der Waals surface area contributed by atoms with Crippen molar-refractivity contribution in [1.82, 2.24) is 4.90 Å². The van der Waals surface area contributed by atoms with E-state index in [1.165, 1.54) is 6.07 Å². The average molecular weight is 248 g/mol. The summed E-state index contributed by atoms with van der Waals surface area (Å²) in [4.78, 5) is 12.9. The molecule has 0 spiro atoms. The molecule has 2 bridgehead atoms. The first-order valence-corrected chi connectivity index (χ1v) is 6.36. The summed E-state index contributed by atoms with van der Waals surface area (Å²) in [5, 5.41) is 10.9. The van der Waals surface area contributed by atoms with Crippen LogP contribution in [0, 0.1) is 16.0 Å². The lowest BCUT2D eigenvalue weighted by Gasteiger charge is -2.44. The maximum absolute atomic E-state index is 10.9. The van der Waals surface area contributed by atoms with E-state index in [1.54, 1.807) is 18.2 Å². The predicted molar refractivity (Wildman–Crippen MR) is 66.7 cm³/mol. The van der Waals surface area contributed by atoms with Gasteiger partial charge in [0.05, 0.1) is 4.92 Å². The number of nitro benzene ring substituents is 1. The van der Waals surface area contributed by atoms with Gasteiger partial charge in [-0.3, -0.25) is 15.0 Å². The molecule has 0 amide bonds. The fourth-order valence-electron chi connectivity index (χ4n) is 2.92. The number of ether oxygens (including phenoxy) is 1. The summed E-state index contributed by atoms with van der Waals surface area (Å²) >= 11 is 0. The number of benzene rings is 1. The van der Waals surface area contributed by atoms with Crippen LogP contribution in [0.4, 0.5) is 5.69 Å². The smallest absolute Gasteiger partial charge is 0.310 e. The van der Waals surface area contributed by atoms with Crippen LogP contribution < -0.4 is 4.74 Å². The minimum Gasteiger partial charge on any atom is -0.482 e. The van der Waals surface area contributed by atoms with Gasteiger partial charge in [-0.1, -0.05) is 12.1 Å². The van der Waals surface area contributed by atoms with E-state index < -0.39 is 0 Å². The molecule has 4 rings (SSSR count). The molecule has 1 aromatic carbocycles. The standard InChI is InChI=1S/C13H16N2O3/c16-15(17)11-3-1-2-4-12(11)18-13-9-14-7-5-10(13)6-8-14/h1-4,10,13H,5-9H2. The Bertz CT molecular complexity index is 455. The Morgan fingerprint density at radius 3 is 2.61 bits per heavy atom. The Morgan fingerprint density at radius 1 is 1.28 bits per heavy atom. The van der Waals surface area contributed by atoms with Crippen LogP contribution in [0.3, 0.4) is 0 Å². The fourth-order valence-corrected chi connectivity index (χ4v) is 2.92. The molecule has 0 N–H and O–H groups in total. The fraction of sp³-hybridized carbons (Fsp3) is 0.538. The summed E-state index contributed by atoms with van der Waals surface area (Å²) in [5.74, 6) is 0.955. The molecule has 1 atom stereocenters. The van der Waals surface area contributed by atoms with Crippen LogP contribution >= 0.6 is 0 Å². The first kappa shape index (κ1) is 11.5. The van der Waals surface area contributed by atoms with Gasteiger partial charge in [0.2, 0.25) is 0 Å². The normalized spacial score (nSPS) is 30.1. The SMILES string of the molecule is O=[N+]([O-])c1ccccc1OC1CN2CCC1CC2. The molecule has 3 aliphatic heterocycles. The van der Waals surface area contributed by atoms with Gasteiger partial charge >= 0.3 is 5.69 Å². The Morgan fingerprint density at radius 2 is 2.00 bits per heavy atom. The lowest BCUT2D eigenvalue weighted by Crippen LogP contribution is -2.52. The number of hydrogen-bond acceptors (Lipinski definition) is 4. The van der Waals surface area contributed by atoms with Crippen LogP contribution in [-0.4, -0.2) is 35.6 Å². The number of fused-ring (bicyclic) bond motifs is 3. The largest absolute Gasteiger partial charge is 0.482 e. The summed E-state index contributed by atoms with van der Waals surface area (Å²) in [5.41, 5.74) is 0.0638. The Balaban J connectivity index is 1.78. The molecular weight excluding hydrogens is 232 g/mol. The van der Waals surface area contributed by atoms with Gasteiger partial charge in [-0.2, -0.15) is 0 Å². The van der Waals surface area contributed by atoms with E-state index in [0.29, 0.717) is 11.7 Å². The third-order valence-electron chi connectivity index (χ3n) is 3.94. The Hall–Kier alpha value is -1.62. The van der Waals surface area contributed by atoms with Crippen LogP contribution in [-0.2, 0) is 0 Å². The summed E-state index contributed by atoms with van der Waals surface area (Å²) in [6.07, 6.45) is 2.39. The number of piperidine rings is 3. The molecule has 3 fully saturated rings. The molecule has 0 saturated carbocycles. The number of para-hydroxylation sites is 2. The van der Waals surface area contributed by atoms with E-state index in [9.17, 15) is 10.1 Å². The lowest BCUT2D eigenvalue weighted by molar-refractivity contribution is -0.386. The van der Waals surface area contributed by atoms with Crippen LogP contribution in [0.25, 0.3) is 0 Å². The van der Waals surface area contributed by atoms with Crippen molar-refractivity contribution < 1.29 is 9.66 Å². The molecule has 0 aromatic heterocycles. The van der Waals surface area contributed by atoms with Crippen molar-refractivity contribution in [3.63, 3.8) is 0 Å². The van der Waals surface area contributed by atoms with Crippen molar-refractivity contribution in [1.29, 1.82) is 0 Å². The quantitative estimate of drug-likeness (QED) is 0.607. The molecule has 18 heavy (non-hydrogen) atoms. The second-order valence-corrected chi connectivity index (χ2v) is 5.02. The number of hydrogen-bond donors (Lipinski definition) is 0. The topological polar surface area (TPSA) is 55.6 Å². The first-order chi connectivity index (χ1) is 8.74. The third kappa shape index (κ3) is 2.06. The zero-order valence-corrected chi connectivity index (χ0v) is 10.1. The summed E-state index contributed by atoms with van der Waals surface area (Å²) in [7, 11) is 0. The van der Waals surface area contributed by atoms with Gasteiger partial charge in [-0.15, -0.1) is 0 Å². The van der Waals surface area contributed by atoms with Crippen molar-refractivity contribution in [3.8, 4) is 5.75 Å². The van der Waals surface area contributed by atoms with Crippen molar-refractivity contribution in [2.45, 2.75) is 18.9 Å². The van der Waals surface area contributed by atoms with Gasteiger partial charge in [-0.25, -0.2) is 0 Å². The van der Waals surface area contributed by atoms with Crippen LogP contribution in [0.1, 0.15) is 12.8 Å². The highest BCUT2D eigenvalue weighted by molar-refractivity contribution is 5.45. The molecule has 5 nitrogen and oxygen atoms in total. The van der Waals surface area contributed by atoms with Crippen molar-refractivity contribution in [2.75, 3.05) is 19.6 Å². The molecule has 1 aromatic rings. The highest BCUT2D eigenvalue weighted by Crippen LogP contribution is 2.33. The molecule has 1 unspecified atom stereocenters. The molecule has 0 radical (unpaired) electrons. The highest BCUT2D eigenvalue weighted by Gasteiger charge is 2.36. The van der Waals surface area contributed by atoms with E-state index in [2.05, 4.69) is 4.90 Å². The number of nitro groups is 1. The summed E-state index contributed by atoms with van der Waals surface area (Å²) in [6.45, 7) is 3.18. The third-order valence-corrected chi connectivity index (χ3v) is 3.94. The Kier molecular flexibility index (Phi) is 2.91. The van der Waals surface area contributed by atoms with Gasteiger partial charge in [0.15, 0.2) is 5.75 Å². The maximum Gasteiger partial charge on any atom is 0.310 e. The van der Waals surface area contributed by atoms with Crippen LogP contribution in [0.15, 0.2) is 24.3 Å². The van der Waals surface area contributed by atoms with Crippen molar-refractivity contribution in [3.05, 3.63) is 34.4 Å². The Labute approximate surface area is 106 Å². The zero-order valence-electron chi connectivity index (χ0n) is 10.1. The minimum atomic E-state index is -0.378. The summed E-state index contributed by atoms with van der Waals surface area (Å²) in [6, 6.07) is 6.64. The molecular formula is C13H16N2O3. The second kappa shape index (κ2) is 4.57. The highest BCUT2D eigenvalue weighted by atomic mass is 16.6. The molecule has 96 valence electrons. The number of rotatable bonds is 3. The van der Waals surface area contributed by atoms with E-state index in [-0.39, 0.29) is 16.7 Å². The maximum atomic E-state index is 10.9. The van der Waals surface area contributed by atoms with E-state index in [1.807, 2.05) is 0 Å². The monoisotopic (exact) mass is 248 g/mol. The van der Waals surface area contributed by atoms with Gasteiger partial charge < -0.3 is 4.74 Å². The van der Waals surface area contributed by atoms with Crippen molar-refractivity contribution >= 4 is 5.69 Å². The van der Waals surface area contributed by atoms with Gasteiger partial charge in [0.1, 0.15) is 6.10 Å². The molecule has 5 heteroatoms. The average Bonchev–Trinajstić information content (AvgIpc) is 2.40. The van der Waals surface area contributed by atoms with Gasteiger partial charge in [-0.05, 0) is 37.9 Å².